The Morgan fingerprint density at radius 1 is 1.22 bits per heavy atom. The zero-order valence-corrected chi connectivity index (χ0v) is 11.1. The van der Waals surface area contributed by atoms with Crippen LogP contribution < -0.4 is 5.32 Å². The molecule has 0 radical (unpaired) electrons. The predicted octanol–water partition coefficient (Wildman–Crippen LogP) is 0.109. The van der Waals surface area contributed by atoms with Crippen molar-refractivity contribution < 1.29 is 9.52 Å². The highest BCUT2D eigenvalue weighted by molar-refractivity contribution is 5.05. The average Bonchev–Trinajstić information content (AvgIpc) is 2.85. The third-order valence-electron chi connectivity index (χ3n) is 3.37. The Balaban J connectivity index is 1.58. The number of nitrogens with one attached hydrogen (secondary N) is 1. The van der Waals surface area contributed by atoms with Gasteiger partial charge in [-0.25, -0.2) is 0 Å². The summed E-state index contributed by atoms with van der Waals surface area (Å²) >= 11 is 0. The van der Waals surface area contributed by atoms with Crippen molar-refractivity contribution in [1.29, 1.82) is 0 Å². The minimum Gasteiger partial charge on any atom is -0.462 e. The fourth-order valence-electron chi connectivity index (χ4n) is 2.12. The van der Waals surface area contributed by atoms with Gasteiger partial charge >= 0.3 is 0 Å². The fourth-order valence-corrected chi connectivity index (χ4v) is 2.12. The van der Waals surface area contributed by atoms with Crippen LogP contribution in [0.3, 0.4) is 0 Å². The second-order valence-electron chi connectivity index (χ2n) is 4.85. The van der Waals surface area contributed by atoms with Crippen LogP contribution in [0.2, 0.25) is 0 Å². The third kappa shape index (κ3) is 4.10. The van der Waals surface area contributed by atoms with E-state index >= 15 is 0 Å². The van der Waals surface area contributed by atoms with Gasteiger partial charge in [0.1, 0.15) is 18.1 Å². The maximum atomic E-state index is 8.89. The summed E-state index contributed by atoms with van der Waals surface area (Å²) in [5, 5.41) is 12.3. The fraction of sp³-hybridized carbons (Fsp3) is 0.692. The minimum absolute atomic E-state index is 0.0265. The lowest BCUT2D eigenvalue weighted by Gasteiger charge is -2.32. The molecule has 2 N–H and O–H groups in total. The number of aliphatic hydroxyl groups excluding tert-OH is 1. The maximum absolute atomic E-state index is 8.89. The normalized spacial score (nSPS) is 18.3. The molecule has 2 rings (SSSR count). The molecule has 18 heavy (non-hydrogen) atoms. The molecule has 5 nitrogen and oxygen atoms in total. The Kier molecular flexibility index (Phi) is 5.19. The van der Waals surface area contributed by atoms with E-state index in [-0.39, 0.29) is 6.61 Å². The van der Waals surface area contributed by atoms with Gasteiger partial charge in [0.25, 0.3) is 0 Å². The number of piperazine rings is 1. The van der Waals surface area contributed by atoms with Crippen molar-refractivity contribution in [2.45, 2.75) is 13.2 Å². The molecule has 1 fully saturated rings. The molecule has 5 heteroatoms. The summed E-state index contributed by atoms with van der Waals surface area (Å²) in [6.07, 6.45) is 0. The van der Waals surface area contributed by atoms with E-state index in [1.165, 1.54) is 0 Å². The second-order valence-corrected chi connectivity index (χ2v) is 4.85. The van der Waals surface area contributed by atoms with Crippen LogP contribution in [0, 0.1) is 0 Å². The van der Waals surface area contributed by atoms with Crippen molar-refractivity contribution in [2.24, 2.45) is 0 Å². The first-order valence-electron chi connectivity index (χ1n) is 6.58. The molecule has 0 atom stereocenters. The highest BCUT2D eigenvalue weighted by Crippen LogP contribution is 2.07. The van der Waals surface area contributed by atoms with E-state index in [1.54, 1.807) is 0 Å². The molecule has 1 aromatic heterocycles. The lowest BCUT2D eigenvalue weighted by atomic mass is 10.3. The number of nitrogens with zero attached hydrogens (tertiary/aromatic N) is 2. The largest absolute Gasteiger partial charge is 0.462 e. The zero-order chi connectivity index (χ0) is 12.8. The molecule has 1 aliphatic heterocycles. The molecule has 0 unspecified atom stereocenters. The van der Waals surface area contributed by atoms with Crippen molar-refractivity contribution in [2.75, 3.05) is 46.3 Å². The molecule has 0 aromatic carbocycles. The minimum atomic E-state index is -0.0265. The van der Waals surface area contributed by atoms with Crippen molar-refractivity contribution in [3.8, 4) is 0 Å². The van der Waals surface area contributed by atoms with Gasteiger partial charge in [0.15, 0.2) is 0 Å². The lowest BCUT2D eigenvalue weighted by Crippen LogP contribution is -2.46. The highest BCUT2D eigenvalue weighted by atomic mass is 16.4. The summed E-state index contributed by atoms with van der Waals surface area (Å²) in [6.45, 7) is 7.41. The van der Waals surface area contributed by atoms with E-state index in [4.69, 9.17) is 9.52 Å². The molecule has 0 aliphatic carbocycles. The number of likely N-dealkylation sites (N-methyl/N-ethyl adjacent to an activating group) is 1. The maximum Gasteiger partial charge on any atom is 0.129 e. The second kappa shape index (κ2) is 6.89. The van der Waals surface area contributed by atoms with Crippen LogP contribution in [0.25, 0.3) is 0 Å². The standard InChI is InChI=1S/C13H23N3O2/c1-15-6-8-16(9-7-15)5-4-14-10-12-2-3-13(11-17)18-12/h2-3,14,17H,4-11H2,1H3. The van der Waals surface area contributed by atoms with Crippen LogP contribution in [0.4, 0.5) is 0 Å². The number of hydrogen-bond acceptors (Lipinski definition) is 5. The molecule has 1 aliphatic rings. The molecule has 1 saturated heterocycles. The summed E-state index contributed by atoms with van der Waals surface area (Å²) in [6, 6.07) is 3.73. The van der Waals surface area contributed by atoms with Crippen LogP contribution in [0.1, 0.15) is 11.5 Å². The Labute approximate surface area is 108 Å². The lowest BCUT2D eigenvalue weighted by molar-refractivity contribution is 0.154. The third-order valence-corrected chi connectivity index (χ3v) is 3.37. The molecule has 1 aromatic rings. The van der Waals surface area contributed by atoms with Gasteiger partial charge in [-0.1, -0.05) is 0 Å². The average molecular weight is 253 g/mol. The van der Waals surface area contributed by atoms with Crippen LogP contribution in [-0.4, -0.2) is 61.2 Å². The Morgan fingerprint density at radius 3 is 2.61 bits per heavy atom. The van der Waals surface area contributed by atoms with E-state index in [1.807, 2.05) is 12.1 Å². The summed E-state index contributed by atoms with van der Waals surface area (Å²) in [5.41, 5.74) is 0. The topological polar surface area (TPSA) is 51.9 Å². The number of aliphatic hydroxyl groups is 1. The van der Waals surface area contributed by atoms with Gasteiger partial charge in [-0.15, -0.1) is 0 Å². The van der Waals surface area contributed by atoms with Gasteiger partial charge in [-0.3, -0.25) is 4.90 Å². The molecule has 0 bridgehead atoms. The summed E-state index contributed by atoms with van der Waals surface area (Å²) in [7, 11) is 2.17. The van der Waals surface area contributed by atoms with E-state index in [9.17, 15) is 0 Å². The van der Waals surface area contributed by atoms with E-state index in [0.29, 0.717) is 5.76 Å². The summed E-state index contributed by atoms with van der Waals surface area (Å²) in [4.78, 5) is 4.84. The smallest absolute Gasteiger partial charge is 0.129 e. The molecular formula is C13H23N3O2. The van der Waals surface area contributed by atoms with Gasteiger partial charge in [-0.05, 0) is 19.2 Å². The SMILES string of the molecule is CN1CCN(CCNCc2ccc(CO)o2)CC1. The number of hydrogen-bond donors (Lipinski definition) is 2. The Bertz CT molecular complexity index is 346. The molecule has 102 valence electrons. The molecule has 2 heterocycles. The molecular weight excluding hydrogens is 230 g/mol. The van der Waals surface area contributed by atoms with Gasteiger partial charge in [0, 0.05) is 39.3 Å². The van der Waals surface area contributed by atoms with Gasteiger partial charge in [0.05, 0.1) is 6.54 Å². The van der Waals surface area contributed by atoms with Crippen molar-refractivity contribution in [1.82, 2.24) is 15.1 Å². The van der Waals surface area contributed by atoms with Crippen LogP contribution in [-0.2, 0) is 13.2 Å². The van der Waals surface area contributed by atoms with E-state index < -0.39 is 0 Å². The predicted molar refractivity (Wildman–Crippen MR) is 70.3 cm³/mol. The molecule has 0 saturated carbocycles. The first-order chi connectivity index (χ1) is 8.78. The van der Waals surface area contributed by atoms with E-state index in [0.717, 1.165) is 51.6 Å². The van der Waals surface area contributed by atoms with Crippen molar-refractivity contribution >= 4 is 0 Å². The number of furan rings is 1. The Morgan fingerprint density at radius 2 is 1.94 bits per heavy atom. The quantitative estimate of drug-likeness (QED) is 0.705. The van der Waals surface area contributed by atoms with Gasteiger partial charge < -0.3 is 19.7 Å². The summed E-state index contributed by atoms with van der Waals surface area (Å²) in [5.74, 6) is 1.52. The van der Waals surface area contributed by atoms with Crippen molar-refractivity contribution in [3.63, 3.8) is 0 Å². The zero-order valence-electron chi connectivity index (χ0n) is 11.1. The molecule has 0 amide bonds. The molecule has 0 spiro atoms. The van der Waals surface area contributed by atoms with Gasteiger partial charge in [0.2, 0.25) is 0 Å². The first-order valence-corrected chi connectivity index (χ1v) is 6.58. The van der Waals surface area contributed by atoms with Crippen LogP contribution in [0.15, 0.2) is 16.5 Å². The van der Waals surface area contributed by atoms with Crippen molar-refractivity contribution in [3.05, 3.63) is 23.7 Å². The number of rotatable bonds is 6. The summed E-state index contributed by atoms with van der Waals surface area (Å²) < 4.78 is 5.41. The Hall–Kier alpha value is -0.880. The van der Waals surface area contributed by atoms with Crippen LogP contribution >= 0.6 is 0 Å². The van der Waals surface area contributed by atoms with Crippen LogP contribution in [0.5, 0.6) is 0 Å². The monoisotopic (exact) mass is 253 g/mol. The highest BCUT2D eigenvalue weighted by Gasteiger charge is 2.12. The van der Waals surface area contributed by atoms with E-state index in [2.05, 4.69) is 22.2 Å². The van der Waals surface area contributed by atoms with Gasteiger partial charge in [-0.2, -0.15) is 0 Å². The first kappa shape index (κ1) is 13.5.